The van der Waals surface area contributed by atoms with Crippen LogP contribution in [0, 0.1) is 0 Å². The Hall–Kier alpha value is -2.57. The van der Waals surface area contributed by atoms with Crippen LogP contribution < -0.4 is 10.6 Å². The molecule has 0 saturated carbocycles. The molecule has 0 aromatic heterocycles. The first-order chi connectivity index (χ1) is 14.7. The normalized spacial score (nSPS) is 12.0. The minimum atomic E-state index is -0.748. The number of hydrogen-bond acceptors (Lipinski definition) is 4. The summed E-state index contributed by atoms with van der Waals surface area (Å²) in [5.41, 5.74) is 0.0946. The summed E-state index contributed by atoms with van der Waals surface area (Å²) in [6.45, 7) is 10.2. The molecule has 7 heteroatoms. The zero-order valence-corrected chi connectivity index (χ0v) is 19.7. The van der Waals surface area contributed by atoms with Crippen molar-refractivity contribution in [1.29, 1.82) is 0 Å². The fraction of sp³-hybridized carbons (Fsp3) is 0.625. The van der Waals surface area contributed by atoms with E-state index in [9.17, 15) is 14.4 Å². The monoisotopic (exact) mass is 433 g/mol. The Morgan fingerprint density at radius 3 is 2.19 bits per heavy atom. The van der Waals surface area contributed by atoms with Crippen molar-refractivity contribution in [3.8, 4) is 0 Å². The number of benzene rings is 1. The Bertz CT molecular complexity index is 686. The van der Waals surface area contributed by atoms with E-state index in [0.29, 0.717) is 13.1 Å². The van der Waals surface area contributed by atoms with Gasteiger partial charge in [0.15, 0.2) is 0 Å². The van der Waals surface area contributed by atoms with E-state index < -0.39 is 17.7 Å². The van der Waals surface area contributed by atoms with Crippen LogP contribution in [0.1, 0.15) is 78.3 Å². The van der Waals surface area contributed by atoms with Gasteiger partial charge >= 0.3 is 6.09 Å². The predicted octanol–water partition coefficient (Wildman–Crippen LogP) is 4.19. The van der Waals surface area contributed by atoms with Gasteiger partial charge in [0.2, 0.25) is 11.8 Å². The van der Waals surface area contributed by atoms with E-state index in [1.807, 2.05) is 37.3 Å². The molecule has 1 atom stereocenters. The molecule has 0 saturated heterocycles. The van der Waals surface area contributed by atoms with Gasteiger partial charge in [0.1, 0.15) is 18.2 Å². The Kier molecular flexibility index (Phi) is 11.7. The summed E-state index contributed by atoms with van der Waals surface area (Å²) >= 11 is 0. The summed E-state index contributed by atoms with van der Waals surface area (Å²) in [7, 11) is 0. The van der Waals surface area contributed by atoms with Gasteiger partial charge in [-0.3, -0.25) is 9.59 Å². The lowest BCUT2D eigenvalue weighted by Gasteiger charge is -2.31. The minimum absolute atomic E-state index is 0.205. The maximum absolute atomic E-state index is 13.1. The fourth-order valence-corrected chi connectivity index (χ4v) is 3.08. The quantitative estimate of drug-likeness (QED) is 0.484. The number of amides is 3. The molecule has 3 amide bonds. The number of unbranched alkanes of at least 4 members (excludes halogenated alkanes) is 3. The SMILES string of the molecule is CCCCCNC(=O)C(c1ccccc1)N(CCCC)C(=O)CNC(=O)OC(C)(C)C. The summed E-state index contributed by atoms with van der Waals surface area (Å²) in [6.07, 6.45) is 3.97. The Morgan fingerprint density at radius 2 is 1.61 bits per heavy atom. The smallest absolute Gasteiger partial charge is 0.408 e. The van der Waals surface area contributed by atoms with Crippen LogP contribution in [-0.4, -0.2) is 48.0 Å². The summed E-state index contributed by atoms with van der Waals surface area (Å²) in [5, 5.41) is 5.50. The van der Waals surface area contributed by atoms with Crippen molar-refractivity contribution in [2.24, 2.45) is 0 Å². The summed E-state index contributed by atoms with van der Waals surface area (Å²) < 4.78 is 5.22. The average Bonchev–Trinajstić information content (AvgIpc) is 2.71. The van der Waals surface area contributed by atoms with Crippen molar-refractivity contribution in [2.45, 2.75) is 78.4 Å². The van der Waals surface area contributed by atoms with E-state index in [2.05, 4.69) is 17.6 Å². The average molecular weight is 434 g/mol. The molecule has 0 spiro atoms. The van der Waals surface area contributed by atoms with Gasteiger partial charge in [0.25, 0.3) is 0 Å². The molecule has 0 fully saturated rings. The van der Waals surface area contributed by atoms with Gasteiger partial charge in [-0.2, -0.15) is 0 Å². The van der Waals surface area contributed by atoms with Crippen LogP contribution in [0.3, 0.4) is 0 Å². The highest BCUT2D eigenvalue weighted by atomic mass is 16.6. The third-order valence-electron chi connectivity index (χ3n) is 4.61. The molecule has 31 heavy (non-hydrogen) atoms. The number of carbonyl (C=O) groups excluding carboxylic acids is 3. The molecule has 1 unspecified atom stereocenters. The van der Waals surface area contributed by atoms with Gasteiger partial charge in [-0.15, -0.1) is 0 Å². The third kappa shape index (κ3) is 10.3. The van der Waals surface area contributed by atoms with Crippen LogP contribution in [0.15, 0.2) is 30.3 Å². The van der Waals surface area contributed by atoms with E-state index in [0.717, 1.165) is 37.7 Å². The molecular formula is C24H39N3O4. The lowest BCUT2D eigenvalue weighted by Crippen LogP contribution is -2.48. The zero-order valence-electron chi connectivity index (χ0n) is 19.7. The topological polar surface area (TPSA) is 87.7 Å². The molecule has 1 rings (SSSR count). The largest absolute Gasteiger partial charge is 0.444 e. The number of alkyl carbamates (subject to hydrolysis) is 1. The molecule has 0 aliphatic rings. The van der Waals surface area contributed by atoms with Crippen molar-refractivity contribution in [3.63, 3.8) is 0 Å². The first-order valence-electron chi connectivity index (χ1n) is 11.3. The first-order valence-corrected chi connectivity index (χ1v) is 11.3. The van der Waals surface area contributed by atoms with Crippen LogP contribution in [-0.2, 0) is 14.3 Å². The Morgan fingerprint density at radius 1 is 0.968 bits per heavy atom. The highest BCUT2D eigenvalue weighted by Crippen LogP contribution is 2.22. The minimum Gasteiger partial charge on any atom is -0.444 e. The lowest BCUT2D eigenvalue weighted by atomic mass is 10.0. The van der Waals surface area contributed by atoms with Gasteiger partial charge < -0.3 is 20.3 Å². The van der Waals surface area contributed by atoms with Crippen LogP contribution in [0.4, 0.5) is 4.79 Å². The van der Waals surface area contributed by atoms with Crippen LogP contribution in [0.25, 0.3) is 0 Å². The van der Waals surface area contributed by atoms with E-state index in [-0.39, 0.29) is 18.4 Å². The van der Waals surface area contributed by atoms with Crippen LogP contribution in [0.2, 0.25) is 0 Å². The summed E-state index contributed by atoms with van der Waals surface area (Å²) in [4.78, 5) is 39.8. The fourth-order valence-electron chi connectivity index (χ4n) is 3.08. The van der Waals surface area contributed by atoms with E-state index in [1.54, 1.807) is 25.7 Å². The predicted molar refractivity (Wildman–Crippen MR) is 123 cm³/mol. The van der Waals surface area contributed by atoms with Crippen molar-refractivity contribution in [1.82, 2.24) is 15.5 Å². The van der Waals surface area contributed by atoms with Crippen molar-refractivity contribution >= 4 is 17.9 Å². The number of ether oxygens (including phenoxy) is 1. The number of carbonyl (C=O) groups is 3. The number of nitrogens with zero attached hydrogens (tertiary/aromatic N) is 1. The molecule has 0 aliphatic carbocycles. The molecule has 1 aromatic rings. The number of rotatable bonds is 12. The standard InChI is InChI=1S/C24H39N3O4/c1-6-8-13-16-25-22(29)21(19-14-11-10-12-15-19)27(17-9-7-2)20(28)18-26-23(30)31-24(3,4)5/h10-12,14-15,21H,6-9,13,16-18H2,1-5H3,(H,25,29)(H,26,30). The Balaban J connectivity index is 3.00. The van der Waals surface area contributed by atoms with Gasteiger partial charge in [-0.1, -0.05) is 63.4 Å². The molecule has 0 radical (unpaired) electrons. The second-order valence-corrected chi connectivity index (χ2v) is 8.61. The van der Waals surface area contributed by atoms with Crippen LogP contribution in [0.5, 0.6) is 0 Å². The lowest BCUT2D eigenvalue weighted by molar-refractivity contribution is -0.140. The van der Waals surface area contributed by atoms with Crippen molar-refractivity contribution in [2.75, 3.05) is 19.6 Å². The zero-order chi connectivity index (χ0) is 23.3. The highest BCUT2D eigenvalue weighted by molar-refractivity contribution is 5.90. The van der Waals surface area contributed by atoms with Gasteiger partial charge in [-0.25, -0.2) is 4.79 Å². The molecule has 0 bridgehead atoms. The highest BCUT2D eigenvalue weighted by Gasteiger charge is 2.31. The maximum atomic E-state index is 13.1. The van der Waals surface area contributed by atoms with Crippen molar-refractivity contribution < 1.29 is 19.1 Å². The van der Waals surface area contributed by atoms with Crippen LogP contribution >= 0.6 is 0 Å². The summed E-state index contributed by atoms with van der Waals surface area (Å²) in [6, 6.07) is 8.54. The van der Waals surface area contributed by atoms with Gasteiger partial charge in [-0.05, 0) is 39.2 Å². The second-order valence-electron chi connectivity index (χ2n) is 8.61. The molecule has 2 N–H and O–H groups in total. The van der Waals surface area contributed by atoms with Gasteiger partial charge in [0, 0.05) is 13.1 Å². The molecule has 7 nitrogen and oxygen atoms in total. The van der Waals surface area contributed by atoms with E-state index >= 15 is 0 Å². The van der Waals surface area contributed by atoms with E-state index in [1.165, 1.54) is 0 Å². The number of nitrogens with one attached hydrogen (secondary N) is 2. The van der Waals surface area contributed by atoms with E-state index in [4.69, 9.17) is 4.74 Å². The summed E-state index contributed by atoms with van der Waals surface area (Å²) in [5.74, 6) is -0.527. The van der Waals surface area contributed by atoms with Crippen molar-refractivity contribution in [3.05, 3.63) is 35.9 Å². The molecular weight excluding hydrogens is 394 g/mol. The van der Waals surface area contributed by atoms with Gasteiger partial charge in [0.05, 0.1) is 0 Å². The molecule has 0 aliphatic heterocycles. The molecule has 0 heterocycles. The second kappa shape index (κ2) is 13.7. The maximum Gasteiger partial charge on any atom is 0.408 e. The molecule has 174 valence electrons. The third-order valence-corrected chi connectivity index (χ3v) is 4.61. The first kappa shape index (κ1) is 26.5. The Labute approximate surface area is 186 Å². The number of hydrogen-bond donors (Lipinski definition) is 2. The molecule has 1 aromatic carbocycles.